The Bertz CT molecular complexity index is 402. The number of nitrogens with zero attached hydrogens (tertiary/aromatic N) is 1. The molecule has 1 aliphatic heterocycles. The van der Waals surface area contributed by atoms with Crippen LogP contribution in [0.15, 0.2) is 29.4 Å². The van der Waals surface area contributed by atoms with Crippen LogP contribution in [-0.4, -0.2) is 12.1 Å². The molecular formula is C13H17IN2O. The summed E-state index contributed by atoms with van der Waals surface area (Å²) in [6.45, 7) is 4.15. The Morgan fingerprint density at radius 2 is 2.12 bits per heavy atom. The van der Waals surface area contributed by atoms with Gasteiger partial charge in [-0.2, -0.15) is 0 Å². The van der Waals surface area contributed by atoms with E-state index in [0.29, 0.717) is 9.82 Å². The number of benzene rings is 1. The van der Waals surface area contributed by atoms with E-state index >= 15 is 0 Å². The minimum absolute atomic E-state index is 0.0258. The standard InChI is InChI=1S/C13H17IN2O/c1-3-4-12(14)10-5-7-11(8-6-10)13-16-15-9(2)17-13/h5-9,12,15H,3-4H2,1-2H3. The third-order valence-corrected chi connectivity index (χ3v) is 4.04. The topological polar surface area (TPSA) is 33.6 Å². The summed E-state index contributed by atoms with van der Waals surface area (Å²) in [7, 11) is 0. The summed E-state index contributed by atoms with van der Waals surface area (Å²) in [5, 5.41) is 4.14. The molecule has 0 radical (unpaired) electrons. The van der Waals surface area contributed by atoms with Crippen LogP contribution in [0.5, 0.6) is 0 Å². The Kier molecular flexibility index (Phi) is 4.25. The average Bonchev–Trinajstić information content (AvgIpc) is 2.76. The van der Waals surface area contributed by atoms with Crippen molar-refractivity contribution in [3.05, 3.63) is 35.4 Å². The van der Waals surface area contributed by atoms with Crippen molar-refractivity contribution in [2.75, 3.05) is 0 Å². The fourth-order valence-electron chi connectivity index (χ4n) is 1.76. The van der Waals surface area contributed by atoms with Crippen molar-refractivity contribution in [2.24, 2.45) is 5.10 Å². The van der Waals surface area contributed by atoms with E-state index in [1.165, 1.54) is 18.4 Å². The number of rotatable bonds is 4. The molecule has 1 heterocycles. The van der Waals surface area contributed by atoms with E-state index in [2.05, 4.69) is 64.3 Å². The number of hydrogen-bond donors (Lipinski definition) is 1. The van der Waals surface area contributed by atoms with Gasteiger partial charge in [-0.1, -0.05) is 48.1 Å². The van der Waals surface area contributed by atoms with Gasteiger partial charge in [0.2, 0.25) is 5.90 Å². The molecule has 92 valence electrons. The Labute approximate surface area is 116 Å². The summed E-state index contributed by atoms with van der Waals surface area (Å²) < 4.78 is 6.12. The van der Waals surface area contributed by atoms with E-state index in [0.717, 1.165) is 5.56 Å². The summed E-state index contributed by atoms with van der Waals surface area (Å²) in [5.74, 6) is 0.685. The van der Waals surface area contributed by atoms with Crippen LogP contribution >= 0.6 is 22.6 Å². The largest absolute Gasteiger partial charge is 0.451 e. The van der Waals surface area contributed by atoms with Crippen molar-refractivity contribution in [1.82, 2.24) is 5.43 Å². The van der Waals surface area contributed by atoms with Gasteiger partial charge in [0.15, 0.2) is 6.23 Å². The minimum Gasteiger partial charge on any atom is -0.451 e. The molecule has 1 N–H and O–H groups in total. The smallest absolute Gasteiger partial charge is 0.240 e. The molecule has 0 amide bonds. The third kappa shape index (κ3) is 3.12. The van der Waals surface area contributed by atoms with E-state index < -0.39 is 0 Å². The van der Waals surface area contributed by atoms with Crippen molar-refractivity contribution in [3.8, 4) is 0 Å². The van der Waals surface area contributed by atoms with Crippen LogP contribution in [0, 0.1) is 0 Å². The van der Waals surface area contributed by atoms with E-state index in [9.17, 15) is 0 Å². The molecule has 0 saturated carbocycles. The van der Waals surface area contributed by atoms with Crippen LogP contribution in [0.4, 0.5) is 0 Å². The van der Waals surface area contributed by atoms with Crippen LogP contribution in [0.25, 0.3) is 0 Å². The van der Waals surface area contributed by atoms with Gasteiger partial charge in [-0.05, 0) is 31.0 Å². The number of hydrazone groups is 1. The molecule has 2 rings (SSSR count). The summed E-state index contributed by atoms with van der Waals surface area (Å²) in [6.07, 6.45) is 2.41. The monoisotopic (exact) mass is 344 g/mol. The molecular weight excluding hydrogens is 327 g/mol. The second kappa shape index (κ2) is 5.71. The number of hydrogen-bond acceptors (Lipinski definition) is 3. The van der Waals surface area contributed by atoms with E-state index in [4.69, 9.17) is 4.74 Å². The van der Waals surface area contributed by atoms with Gasteiger partial charge in [-0.3, -0.25) is 5.43 Å². The molecule has 4 heteroatoms. The zero-order valence-electron chi connectivity index (χ0n) is 10.1. The number of ether oxygens (including phenoxy) is 1. The number of alkyl halides is 1. The molecule has 0 fully saturated rings. The summed E-state index contributed by atoms with van der Waals surface area (Å²) in [4.78, 5) is 0. The van der Waals surface area contributed by atoms with Crippen molar-refractivity contribution < 1.29 is 4.74 Å². The highest BCUT2D eigenvalue weighted by Gasteiger charge is 2.16. The van der Waals surface area contributed by atoms with Gasteiger partial charge in [0.1, 0.15) is 0 Å². The first-order valence-corrected chi connectivity index (χ1v) is 7.19. The van der Waals surface area contributed by atoms with Gasteiger partial charge in [-0.25, -0.2) is 0 Å². The molecule has 1 aromatic carbocycles. The van der Waals surface area contributed by atoms with Crippen LogP contribution in [-0.2, 0) is 4.74 Å². The highest BCUT2D eigenvalue weighted by atomic mass is 127. The Morgan fingerprint density at radius 1 is 1.41 bits per heavy atom. The molecule has 3 nitrogen and oxygen atoms in total. The van der Waals surface area contributed by atoms with E-state index in [1.807, 2.05) is 6.92 Å². The molecule has 0 bridgehead atoms. The summed E-state index contributed by atoms with van der Waals surface area (Å²) >= 11 is 2.50. The Balaban J connectivity index is 2.08. The molecule has 17 heavy (non-hydrogen) atoms. The van der Waals surface area contributed by atoms with Crippen LogP contribution in [0.2, 0.25) is 0 Å². The fraction of sp³-hybridized carbons (Fsp3) is 0.462. The Hall–Kier alpha value is -0.780. The maximum absolute atomic E-state index is 5.53. The first-order valence-electron chi connectivity index (χ1n) is 5.95. The number of halogens is 1. The molecule has 2 unspecified atom stereocenters. The van der Waals surface area contributed by atoms with Crippen molar-refractivity contribution in [1.29, 1.82) is 0 Å². The van der Waals surface area contributed by atoms with Crippen LogP contribution in [0.3, 0.4) is 0 Å². The van der Waals surface area contributed by atoms with Gasteiger partial charge in [-0.15, -0.1) is 5.10 Å². The molecule has 0 spiro atoms. The maximum Gasteiger partial charge on any atom is 0.240 e. The molecule has 0 aliphatic carbocycles. The van der Waals surface area contributed by atoms with Gasteiger partial charge < -0.3 is 4.74 Å². The second-order valence-electron chi connectivity index (χ2n) is 4.18. The third-order valence-electron chi connectivity index (χ3n) is 2.70. The first-order chi connectivity index (χ1) is 8.20. The lowest BCUT2D eigenvalue weighted by Crippen LogP contribution is -2.16. The summed E-state index contributed by atoms with van der Waals surface area (Å²) in [5.41, 5.74) is 5.29. The molecule has 1 aliphatic rings. The van der Waals surface area contributed by atoms with Crippen molar-refractivity contribution in [2.45, 2.75) is 36.8 Å². The van der Waals surface area contributed by atoms with Crippen LogP contribution in [0.1, 0.15) is 41.7 Å². The average molecular weight is 344 g/mol. The van der Waals surface area contributed by atoms with Crippen molar-refractivity contribution in [3.63, 3.8) is 0 Å². The molecule has 0 saturated heterocycles. The van der Waals surface area contributed by atoms with Gasteiger partial charge in [0, 0.05) is 9.49 Å². The van der Waals surface area contributed by atoms with Crippen LogP contribution < -0.4 is 5.43 Å². The zero-order chi connectivity index (χ0) is 12.3. The van der Waals surface area contributed by atoms with E-state index in [-0.39, 0.29) is 6.23 Å². The maximum atomic E-state index is 5.53. The van der Waals surface area contributed by atoms with E-state index in [1.54, 1.807) is 0 Å². The molecule has 2 atom stereocenters. The van der Waals surface area contributed by atoms with Gasteiger partial charge in [0.05, 0.1) is 0 Å². The lowest BCUT2D eigenvalue weighted by atomic mass is 10.1. The Morgan fingerprint density at radius 3 is 2.65 bits per heavy atom. The SMILES string of the molecule is CCCC(I)c1ccc(C2=NNC(C)O2)cc1. The van der Waals surface area contributed by atoms with Gasteiger partial charge >= 0.3 is 0 Å². The van der Waals surface area contributed by atoms with Gasteiger partial charge in [0.25, 0.3) is 0 Å². The second-order valence-corrected chi connectivity index (χ2v) is 5.69. The highest BCUT2D eigenvalue weighted by Crippen LogP contribution is 2.28. The summed E-state index contributed by atoms with van der Waals surface area (Å²) in [6, 6.07) is 8.48. The quantitative estimate of drug-likeness (QED) is 0.669. The number of nitrogens with one attached hydrogen (secondary N) is 1. The molecule has 1 aromatic rings. The lowest BCUT2D eigenvalue weighted by molar-refractivity contribution is 0.209. The normalized spacial score (nSPS) is 20.4. The molecule has 0 aromatic heterocycles. The predicted molar refractivity (Wildman–Crippen MR) is 78.3 cm³/mol. The lowest BCUT2D eigenvalue weighted by Gasteiger charge is -2.10. The first kappa shape index (κ1) is 12.7. The predicted octanol–water partition coefficient (Wildman–Crippen LogP) is 3.59. The zero-order valence-corrected chi connectivity index (χ0v) is 12.3. The fourth-order valence-corrected chi connectivity index (χ4v) is 2.79. The highest BCUT2D eigenvalue weighted by molar-refractivity contribution is 14.1. The minimum atomic E-state index is -0.0258. The van der Waals surface area contributed by atoms with Crippen molar-refractivity contribution >= 4 is 28.5 Å².